The Morgan fingerprint density at radius 3 is 3.00 bits per heavy atom. The number of amides is 1. The summed E-state index contributed by atoms with van der Waals surface area (Å²) in [5.74, 6) is 1.42. The maximum atomic E-state index is 13.3. The summed E-state index contributed by atoms with van der Waals surface area (Å²) in [6.07, 6.45) is 2.85. The summed E-state index contributed by atoms with van der Waals surface area (Å²) in [5.41, 5.74) is 3.25. The van der Waals surface area contributed by atoms with Crippen LogP contribution in [-0.4, -0.2) is 45.7 Å². The predicted molar refractivity (Wildman–Crippen MR) is 121 cm³/mol. The third kappa shape index (κ3) is 4.41. The third-order valence-corrected chi connectivity index (χ3v) is 6.53. The molecule has 0 saturated heterocycles. The number of alkyl halides is 2. The Labute approximate surface area is 192 Å². The van der Waals surface area contributed by atoms with E-state index in [1.165, 1.54) is 18.5 Å². The Hall–Kier alpha value is -3.08. The van der Waals surface area contributed by atoms with Crippen molar-refractivity contribution in [1.82, 2.24) is 20.3 Å². The van der Waals surface area contributed by atoms with Gasteiger partial charge in [-0.25, -0.2) is 9.97 Å². The van der Waals surface area contributed by atoms with Crippen LogP contribution in [0.1, 0.15) is 24.1 Å². The molecule has 3 aromatic rings. The van der Waals surface area contributed by atoms with Crippen molar-refractivity contribution in [3.63, 3.8) is 0 Å². The Kier molecular flexibility index (Phi) is 5.73. The van der Waals surface area contributed by atoms with E-state index in [4.69, 9.17) is 0 Å². The van der Waals surface area contributed by atoms with Crippen molar-refractivity contribution in [3.8, 4) is 11.5 Å². The van der Waals surface area contributed by atoms with Gasteiger partial charge in [-0.2, -0.15) is 11.8 Å². The lowest BCUT2D eigenvalue weighted by Gasteiger charge is -2.22. The second kappa shape index (κ2) is 8.69. The van der Waals surface area contributed by atoms with E-state index in [-0.39, 0.29) is 23.3 Å². The average molecular weight is 476 g/mol. The van der Waals surface area contributed by atoms with Gasteiger partial charge in [-0.3, -0.25) is 4.79 Å². The molecular weight excluding hydrogens is 452 g/mol. The number of thioether (sulfide) groups is 1. The molecule has 11 heteroatoms. The monoisotopic (exact) mass is 475 g/mol. The van der Waals surface area contributed by atoms with Crippen LogP contribution in [0.4, 0.5) is 20.3 Å². The molecule has 174 valence electrons. The number of halogens is 2. The van der Waals surface area contributed by atoms with Crippen LogP contribution in [0, 0.1) is 5.92 Å². The van der Waals surface area contributed by atoms with Gasteiger partial charge in [-0.05, 0) is 55.4 Å². The molecule has 2 aromatic heterocycles. The first-order valence-electron chi connectivity index (χ1n) is 10.7. The molecule has 2 aliphatic rings. The molecule has 33 heavy (non-hydrogen) atoms. The van der Waals surface area contributed by atoms with Crippen molar-refractivity contribution in [2.45, 2.75) is 32.0 Å². The molecule has 1 unspecified atom stereocenters. The number of hydrogen-bond donors (Lipinski definition) is 3. The number of benzene rings is 1. The molecule has 0 saturated carbocycles. The molecule has 1 aliphatic carbocycles. The van der Waals surface area contributed by atoms with Gasteiger partial charge in [0.2, 0.25) is 5.91 Å². The zero-order chi connectivity index (χ0) is 23.0. The van der Waals surface area contributed by atoms with Crippen molar-refractivity contribution in [1.29, 1.82) is 0 Å². The van der Waals surface area contributed by atoms with E-state index in [0.717, 1.165) is 41.7 Å². The number of anilines is 2. The minimum absolute atomic E-state index is 0.0243. The van der Waals surface area contributed by atoms with Crippen LogP contribution in [0.2, 0.25) is 0 Å². The van der Waals surface area contributed by atoms with Gasteiger partial charge in [0, 0.05) is 29.9 Å². The van der Waals surface area contributed by atoms with Crippen LogP contribution in [0.5, 0.6) is 11.5 Å². The van der Waals surface area contributed by atoms with Crippen LogP contribution in [0.3, 0.4) is 0 Å². The van der Waals surface area contributed by atoms with E-state index >= 15 is 0 Å². The zero-order valence-electron chi connectivity index (χ0n) is 17.9. The first-order valence-corrected chi connectivity index (χ1v) is 12.1. The zero-order valence-corrected chi connectivity index (χ0v) is 18.7. The Bertz CT molecular complexity index is 1200. The molecule has 1 aromatic carbocycles. The second-order valence-electron chi connectivity index (χ2n) is 8.06. The SMILES string of the molecule is CSCCCNC(=O)C1CCc2[nH]c3ncnc(Nc4ccc5c(c4)OC(F)(F)O5)c3c2C1. The maximum absolute atomic E-state index is 13.3. The van der Waals surface area contributed by atoms with Gasteiger partial charge in [0.05, 0.1) is 5.39 Å². The molecule has 0 radical (unpaired) electrons. The summed E-state index contributed by atoms with van der Waals surface area (Å²) in [5, 5.41) is 7.03. The van der Waals surface area contributed by atoms with Gasteiger partial charge in [-0.1, -0.05) is 0 Å². The van der Waals surface area contributed by atoms with Gasteiger partial charge in [-0.15, -0.1) is 8.78 Å². The largest absolute Gasteiger partial charge is 0.586 e. The number of fused-ring (bicyclic) bond motifs is 4. The Morgan fingerprint density at radius 2 is 2.15 bits per heavy atom. The van der Waals surface area contributed by atoms with Crippen molar-refractivity contribution in [3.05, 3.63) is 35.8 Å². The lowest BCUT2D eigenvalue weighted by atomic mass is 9.86. The molecule has 5 rings (SSSR count). The van der Waals surface area contributed by atoms with Crippen molar-refractivity contribution >= 4 is 40.2 Å². The van der Waals surface area contributed by atoms with Crippen LogP contribution in [-0.2, 0) is 17.6 Å². The van der Waals surface area contributed by atoms with Gasteiger partial charge in [0.25, 0.3) is 0 Å². The topological polar surface area (TPSA) is 101 Å². The normalized spacial score (nSPS) is 18.2. The lowest BCUT2D eigenvalue weighted by molar-refractivity contribution is -0.286. The summed E-state index contributed by atoms with van der Waals surface area (Å²) < 4.78 is 35.7. The van der Waals surface area contributed by atoms with Crippen LogP contribution >= 0.6 is 11.8 Å². The number of aryl methyl sites for hydroxylation is 1. The molecule has 8 nitrogen and oxygen atoms in total. The van der Waals surface area contributed by atoms with E-state index < -0.39 is 6.29 Å². The number of aromatic amines is 1. The van der Waals surface area contributed by atoms with Crippen LogP contribution in [0.25, 0.3) is 11.0 Å². The number of nitrogens with one attached hydrogen (secondary N) is 3. The summed E-state index contributed by atoms with van der Waals surface area (Å²) in [4.78, 5) is 24.8. The number of nitrogens with zero attached hydrogens (tertiary/aromatic N) is 2. The smallest absolute Gasteiger partial charge is 0.395 e. The van der Waals surface area contributed by atoms with Crippen molar-refractivity contribution in [2.24, 2.45) is 5.92 Å². The van der Waals surface area contributed by atoms with Crippen LogP contribution in [0.15, 0.2) is 24.5 Å². The molecule has 0 fully saturated rings. The van der Waals surface area contributed by atoms with E-state index in [1.807, 2.05) is 6.26 Å². The number of aromatic nitrogens is 3. The molecule has 1 atom stereocenters. The summed E-state index contributed by atoms with van der Waals surface area (Å²) in [6, 6.07) is 4.47. The van der Waals surface area contributed by atoms with E-state index in [1.54, 1.807) is 17.8 Å². The highest BCUT2D eigenvalue weighted by Crippen LogP contribution is 2.43. The molecule has 0 spiro atoms. The van der Waals surface area contributed by atoms with Gasteiger partial charge < -0.3 is 25.1 Å². The fourth-order valence-electron chi connectivity index (χ4n) is 4.30. The molecule has 0 bridgehead atoms. The predicted octanol–water partition coefficient (Wildman–Crippen LogP) is 4.00. The highest BCUT2D eigenvalue weighted by atomic mass is 32.2. The number of carbonyl (C=O) groups excluding carboxylic acids is 1. The summed E-state index contributed by atoms with van der Waals surface area (Å²) >= 11 is 1.76. The molecule has 1 amide bonds. The molecule has 3 N–H and O–H groups in total. The standard InChI is InChI=1S/C22H23F2N5O3S/c1-33-8-2-7-25-21(30)12-3-5-15-14(9-12)18-19(26-11-27-20(18)29-15)28-13-4-6-16-17(10-13)32-22(23,24)31-16/h4,6,10-12H,2-3,5,7-9H2,1H3,(H,25,30)(H2,26,27,28,29). The highest BCUT2D eigenvalue weighted by Gasteiger charge is 2.43. The van der Waals surface area contributed by atoms with Crippen molar-refractivity contribution in [2.75, 3.05) is 23.9 Å². The second-order valence-corrected chi connectivity index (χ2v) is 9.04. The number of ether oxygens (including phenoxy) is 2. The first-order chi connectivity index (χ1) is 15.9. The van der Waals surface area contributed by atoms with E-state index in [9.17, 15) is 13.6 Å². The average Bonchev–Trinajstić information content (AvgIpc) is 3.31. The number of carbonyl (C=O) groups is 1. The minimum Gasteiger partial charge on any atom is -0.395 e. The highest BCUT2D eigenvalue weighted by molar-refractivity contribution is 7.98. The van der Waals surface area contributed by atoms with Crippen molar-refractivity contribution < 1.29 is 23.0 Å². The number of H-pyrrole nitrogens is 1. The molecule has 3 heterocycles. The number of hydrogen-bond acceptors (Lipinski definition) is 7. The quantitative estimate of drug-likeness (QED) is 0.444. The lowest BCUT2D eigenvalue weighted by Crippen LogP contribution is -2.34. The minimum atomic E-state index is -3.67. The van der Waals surface area contributed by atoms with Gasteiger partial charge in [0.15, 0.2) is 11.5 Å². The molecular formula is C22H23F2N5O3S. The summed E-state index contributed by atoms with van der Waals surface area (Å²) in [7, 11) is 0. The fraction of sp³-hybridized carbons (Fsp3) is 0.409. The number of rotatable bonds is 7. The van der Waals surface area contributed by atoms with Crippen LogP contribution < -0.4 is 20.1 Å². The third-order valence-electron chi connectivity index (χ3n) is 5.84. The summed E-state index contributed by atoms with van der Waals surface area (Å²) in [6.45, 7) is 0.677. The first kappa shape index (κ1) is 21.7. The fourth-order valence-corrected chi connectivity index (χ4v) is 4.73. The van der Waals surface area contributed by atoms with E-state index in [0.29, 0.717) is 30.1 Å². The Morgan fingerprint density at radius 1 is 1.30 bits per heavy atom. The molecule has 1 aliphatic heterocycles. The van der Waals surface area contributed by atoms with Gasteiger partial charge in [0.1, 0.15) is 17.8 Å². The van der Waals surface area contributed by atoms with E-state index in [2.05, 4.69) is 35.1 Å². The maximum Gasteiger partial charge on any atom is 0.586 e. The van der Waals surface area contributed by atoms with Gasteiger partial charge >= 0.3 is 6.29 Å². The Balaban J connectivity index is 1.38.